The van der Waals surface area contributed by atoms with Crippen molar-refractivity contribution >= 4 is 29.2 Å². The topological polar surface area (TPSA) is 26.3 Å². The van der Waals surface area contributed by atoms with Crippen molar-refractivity contribution in [3.8, 4) is 0 Å². The van der Waals surface area contributed by atoms with Crippen molar-refractivity contribution in [3.63, 3.8) is 0 Å². The molecule has 0 aliphatic heterocycles. The highest BCUT2D eigenvalue weighted by atomic mass is 35.5. The van der Waals surface area contributed by atoms with Crippen molar-refractivity contribution in [2.75, 3.05) is 0 Å². The minimum absolute atomic E-state index is 0.350. The summed E-state index contributed by atoms with van der Waals surface area (Å²) in [5.41, 5.74) is -0.755. The summed E-state index contributed by atoms with van der Waals surface area (Å²) in [5, 5.41) is 0. The molecule has 0 N–H and O–H groups in total. The molecule has 21 heavy (non-hydrogen) atoms. The Labute approximate surface area is 135 Å². The molecule has 4 heteroatoms. The lowest BCUT2D eigenvalue weighted by molar-refractivity contribution is -0.158. The second-order valence-electron chi connectivity index (χ2n) is 6.08. The van der Waals surface area contributed by atoms with Gasteiger partial charge in [-0.25, -0.2) is 0 Å². The number of hydrogen-bond acceptors (Lipinski definition) is 2. The minimum Gasteiger partial charge on any atom is -0.459 e. The zero-order valence-electron chi connectivity index (χ0n) is 12.3. The molecule has 1 aliphatic carbocycles. The highest BCUT2D eigenvalue weighted by Crippen LogP contribution is 2.39. The number of ether oxygens (including phenoxy) is 1. The summed E-state index contributed by atoms with van der Waals surface area (Å²) < 4.78 is 4.48. The third kappa shape index (κ3) is 3.69. The number of allylic oxidation sites excluding steroid dienone is 2. The first kappa shape index (κ1) is 16.1. The van der Waals surface area contributed by atoms with Crippen LogP contribution in [0.4, 0.5) is 0 Å². The first-order chi connectivity index (χ1) is 9.65. The van der Waals surface area contributed by atoms with Gasteiger partial charge in [-0.15, -0.1) is 0 Å². The van der Waals surface area contributed by atoms with Crippen molar-refractivity contribution in [2.45, 2.75) is 36.1 Å². The molecular formula is C17H18Cl2O2. The van der Waals surface area contributed by atoms with Crippen molar-refractivity contribution < 1.29 is 9.53 Å². The quantitative estimate of drug-likeness (QED) is 0.452. The predicted octanol–water partition coefficient (Wildman–Crippen LogP) is 4.57. The van der Waals surface area contributed by atoms with Crippen LogP contribution in [0, 0.1) is 0 Å². The van der Waals surface area contributed by atoms with E-state index >= 15 is 0 Å². The van der Waals surface area contributed by atoms with Gasteiger partial charge in [-0.3, -0.25) is 4.79 Å². The molecule has 0 heterocycles. The van der Waals surface area contributed by atoms with Crippen LogP contribution >= 0.6 is 23.2 Å². The molecule has 0 bridgehead atoms. The van der Waals surface area contributed by atoms with E-state index in [1.54, 1.807) is 24.3 Å². The molecule has 0 fully saturated rings. The third-order valence-corrected chi connectivity index (χ3v) is 3.63. The van der Waals surface area contributed by atoms with Crippen LogP contribution in [-0.4, -0.2) is 15.9 Å². The van der Waals surface area contributed by atoms with Gasteiger partial charge in [0.25, 0.3) is 0 Å². The summed E-state index contributed by atoms with van der Waals surface area (Å²) in [6.45, 7) is 5.52. The monoisotopic (exact) mass is 324 g/mol. The van der Waals surface area contributed by atoms with Gasteiger partial charge in [0.05, 0.1) is 0 Å². The summed E-state index contributed by atoms with van der Waals surface area (Å²) >= 11 is 12.1. The van der Waals surface area contributed by atoms with E-state index in [2.05, 4.69) is 0 Å². The summed E-state index contributed by atoms with van der Waals surface area (Å²) in [6.07, 6.45) is 6.62. The van der Waals surface area contributed by atoms with E-state index in [1.807, 2.05) is 51.1 Å². The SMILES string of the molecule is CC(C)(C)OC(=O)C1(c2ccccc2)C=CC(Cl)(Cl)C=C1. The van der Waals surface area contributed by atoms with Crippen LogP contribution in [0.15, 0.2) is 54.6 Å². The Morgan fingerprint density at radius 2 is 1.52 bits per heavy atom. The Morgan fingerprint density at radius 3 is 2.00 bits per heavy atom. The van der Waals surface area contributed by atoms with Gasteiger partial charge in [-0.1, -0.05) is 65.7 Å². The second-order valence-corrected chi connectivity index (χ2v) is 7.52. The number of hydrogen-bond donors (Lipinski definition) is 0. The van der Waals surface area contributed by atoms with E-state index in [4.69, 9.17) is 27.9 Å². The summed E-state index contributed by atoms with van der Waals surface area (Å²) in [4.78, 5) is 12.7. The van der Waals surface area contributed by atoms with Crippen molar-refractivity contribution in [3.05, 3.63) is 60.2 Å². The number of esters is 1. The average Bonchev–Trinajstić information content (AvgIpc) is 2.38. The first-order valence-corrected chi connectivity index (χ1v) is 7.48. The van der Waals surface area contributed by atoms with Gasteiger partial charge < -0.3 is 4.74 Å². The predicted molar refractivity (Wildman–Crippen MR) is 86.7 cm³/mol. The van der Waals surface area contributed by atoms with Crippen molar-refractivity contribution in [1.82, 2.24) is 0 Å². The lowest BCUT2D eigenvalue weighted by Gasteiger charge is -2.33. The molecule has 0 atom stereocenters. The molecule has 1 aliphatic rings. The molecule has 1 aromatic carbocycles. The fourth-order valence-corrected chi connectivity index (χ4v) is 2.37. The van der Waals surface area contributed by atoms with Gasteiger partial charge in [0.2, 0.25) is 0 Å². The molecule has 2 nitrogen and oxygen atoms in total. The maximum absolute atomic E-state index is 12.7. The molecule has 0 amide bonds. The van der Waals surface area contributed by atoms with E-state index in [0.29, 0.717) is 0 Å². The standard InChI is InChI=1S/C17H18Cl2O2/c1-15(2,3)21-14(20)16(13-7-5-4-6-8-13)9-11-17(18,19)12-10-16/h4-12H,1-3H3. The van der Waals surface area contributed by atoms with Gasteiger partial charge in [-0.2, -0.15) is 0 Å². The number of carbonyl (C=O) groups is 1. The molecule has 2 rings (SSSR count). The van der Waals surface area contributed by atoms with Crippen LogP contribution in [0.25, 0.3) is 0 Å². The van der Waals surface area contributed by atoms with Gasteiger partial charge in [0.15, 0.2) is 4.33 Å². The zero-order valence-corrected chi connectivity index (χ0v) is 13.8. The minimum atomic E-state index is -1.10. The molecule has 1 aromatic rings. The fourth-order valence-electron chi connectivity index (χ4n) is 2.12. The Balaban J connectivity index is 2.47. The number of alkyl halides is 2. The lowest BCUT2D eigenvalue weighted by atomic mass is 9.77. The Kier molecular flexibility index (Phi) is 4.23. The normalized spacial score (nSPS) is 19.3. The van der Waals surface area contributed by atoms with E-state index in [9.17, 15) is 4.79 Å². The summed E-state index contributed by atoms with van der Waals surface area (Å²) in [7, 11) is 0. The summed E-state index contributed by atoms with van der Waals surface area (Å²) in [6, 6.07) is 9.43. The van der Waals surface area contributed by atoms with E-state index < -0.39 is 15.3 Å². The van der Waals surface area contributed by atoms with Gasteiger partial charge in [-0.05, 0) is 38.5 Å². The van der Waals surface area contributed by atoms with Crippen LogP contribution in [0.2, 0.25) is 0 Å². The lowest BCUT2D eigenvalue weighted by Crippen LogP contribution is -2.40. The average molecular weight is 325 g/mol. The van der Waals surface area contributed by atoms with Gasteiger partial charge in [0.1, 0.15) is 11.0 Å². The highest BCUT2D eigenvalue weighted by molar-refractivity contribution is 6.51. The fraction of sp³-hybridized carbons (Fsp3) is 0.353. The van der Waals surface area contributed by atoms with Gasteiger partial charge >= 0.3 is 5.97 Å². The molecule has 0 unspecified atom stereocenters. The van der Waals surface area contributed by atoms with Crippen LogP contribution < -0.4 is 0 Å². The van der Waals surface area contributed by atoms with E-state index in [0.717, 1.165) is 5.56 Å². The number of rotatable bonds is 2. The van der Waals surface area contributed by atoms with Crippen molar-refractivity contribution in [1.29, 1.82) is 0 Å². The zero-order chi connectivity index (χ0) is 15.7. The molecular weight excluding hydrogens is 307 g/mol. The van der Waals surface area contributed by atoms with Crippen LogP contribution in [0.1, 0.15) is 26.3 Å². The van der Waals surface area contributed by atoms with E-state index in [-0.39, 0.29) is 5.97 Å². The van der Waals surface area contributed by atoms with Crippen LogP contribution in [-0.2, 0) is 14.9 Å². The number of halogens is 2. The third-order valence-electron chi connectivity index (χ3n) is 3.12. The Bertz CT molecular complexity index is 565. The van der Waals surface area contributed by atoms with Crippen LogP contribution in [0.3, 0.4) is 0 Å². The second kappa shape index (κ2) is 5.51. The maximum Gasteiger partial charge on any atom is 0.324 e. The van der Waals surface area contributed by atoms with Crippen LogP contribution in [0.5, 0.6) is 0 Å². The smallest absolute Gasteiger partial charge is 0.324 e. The molecule has 0 saturated carbocycles. The van der Waals surface area contributed by atoms with Crippen molar-refractivity contribution in [2.24, 2.45) is 0 Å². The highest BCUT2D eigenvalue weighted by Gasteiger charge is 2.42. The maximum atomic E-state index is 12.7. The summed E-state index contributed by atoms with van der Waals surface area (Å²) in [5.74, 6) is -0.350. The molecule has 0 saturated heterocycles. The molecule has 0 spiro atoms. The first-order valence-electron chi connectivity index (χ1n) is 6.72. The number of benzene rings is 1. The Morgan fingerprint density at radius 1 is 1.00 bits per heavy atom. The number of carbonyl (C=O) groups excluding carboxylic acids is 1. The Hall–Kier alpha value is -1.25. The largest absolute Gasteiger partial charge is 0.459 e. The molecule has 0 aromatic heterocycles. The molecule has 112 valence electrons. The van der Waals surface area contributed by atoms with Gasteiger partial charge in [0, 0.05) is 0 Å². The van der Waals surface area contributed by atoms with E-state index in [1.165, 1.54) is 0 Å². The molecule has 0 radical (unpaired) electrons.